The standard InChI is InChI=1S/C23H27N3O2S/c1-14-16(3)29-21-20(14)23(28)26(17(4)24-21)19-10-12-25(13-11-19)22(27)15(2)18-8-6-5-7-9-18/h5-9,15,19H,10-13H2,1-4H3/t15-/m0/s1. The molecule has 3 heterocycles. The van der Waals surface area contributed by atoms with E-state index in [1.165, 1.54) is 0 Å². The van der Waals surface area contributed by atoms with Crippen LogP contribution in [0.2, 0.25) is 0 Å². The van der Waals surface area contributed by atoms with E-state index in [2.05, 4.69) is 0 Å². The summed E-state index contributed by atoms with van der Waals surface area (Å²) in [4.78, 5) is 34.8. The highest BCUT2D eigenvalue weighted by atomic mass is 32.1. The molecule has 1 amide bonds. The Hall–Kier alpha value is -2.47. The van der Waals surface area contributed by atoms with Crippen molar-refractivity contribution in [3.63, 3.8) is 0 Å². The molecule has 1 aromatic carbocycles. The van der Waals surface area contributed by atoms with E-state index in [0.29, 0.717) is 13.1 Å². The molecule has 0 saturated carbocycles. The Bertz CT molecular complexity index is 1110. The summed E-state index contributed by atoms with van der Waals surface area (Å²) in [5.74, 6) is 0.787. The number of amides is 1. The number of carbonyl (C=O) groups excluding carboxylic acids is 1. The monoisotopic (exact) mass is 409 g/mol. The first-order valence-corrected chi connectivity index (χ1v) is 11.0. The van der Waals surface area contributed by atoms with Crippen molar-refractivity contribution >= 4 is 27.5 Å². The van der Waals surface area contributed by atoms with Gasteiger partial charge in [0, 0.05) is 24.0 Å². The maximum Gasteiger partial charge on any atom is 0.262 e. The third-order valence-electron chi connectivity index (χ3n) is 6.22. The predicted octanol–water partition coefficient (Wildman–Crippen LogP) is 4.35. The predicted molar refractivity (Wildman–Crippen MR) is 118 cm³/mol. The number of hydrogen-bond donors (Lipinski definition) is 0. The quantitative estimate of drug-likeness (QED) is 0.646. The average Bonchev–Trinajstić information content (AvgIpc) is 3.01. The summed E-state index contributed by atoms with van der Waals surface area (Å²) in [5, 5.41) is 0.759. The van der Waals surface area contributed by atoms with E-state index in [1.54, 1.807) is 11.3 Å². The van der Waals surface area contributed by atoms with Gasteiger partial charge in [0.05, 0.1) is 11.3 Å². The Morgan fingerprint density at radius 1 is 1.14 bits per heavy atom. The fraction of sp³-hybridized carbons (Fsp3) is 0.435. The number of aryl methyl sites for hydroxylation is 3. The van der Waals surface area contributed by atoms with Crippen molar-refractivity contribution < 1.29 is 4.79 Å². The van der Waals surface area contributed by atoms with E-state index in [9.17, 15) is 9.59 Å². The van der Waals surface area contributed by atoms with E-state index < -0.39 is 0 Å². The molecule has 0 aliphatic carbocycles. The molecular weight excluding hydrogens is 382 g/mol. The van der Waals surface area contributed by atoms with Crippen molar-refractivity contribution in [2.75, 3.05) is 13.1 Å². The van der Waals surface area contributed by atoms with E-state index in [1.807, 2.05) is 67.5 Å². The minimum atomic E-state index is -0.147. The topological polar surface area (TPSA) is 55.2 Å². The molecule has 1 fully saturated rings. The first-order valence-electron chi connectivity index (χ1n) is 10.2. The highest BCUT2D eigenvalue weighted by molar-refractivity contribution is 7.18. The van der Waals surface area contributed by atoms with E-state index in [0.717, 1.165) is 44.9 Å². The molecule has 0 spiro atoms. The van der Waals surface area contributed by atoms with Crippen LogP contribution in [0.5, 0.6) is 0 Å². The van der Waals surface area contributed by atoms with Gasteiger partial charge < -0.3 is 4.90 Å². The van der Waals surface area contributed by atoms with Crippen molar-refractivity contribution in [1.82, 2.24) is 14.5 Å². The molecule has 1 aliphatic rings. The minimum absolute atomic E-state index is 0.0665. The molecule has 6 heteroatoms. The lowest BCUT2D eigenvalue weighted by Crippen LogP contribution is -2.43. The number of piperidine rings is 1. The number of nitrogens with zero attached hydrogens (tertiary/aromatic N) is 3. The summed E-state index contributed by atoms with van der Waals surface area (Å²) >= 11 is 1.59. The van der Waals surface area contributed by atoms with Gasteiger partial charge in [0.25, 0.3) is 5.56 Å². The van der Waals surface area contributed by atoms with Gasteiger partial charge in [-0.2, -0.15) is 0 Å². The highest BCUT2D eigenvalue weighted by Crippen LogP contribution is 2.29. The van der Waals surface area contributed by atoms with Crippen molar-refractivity contribution in [1.29, 1.82) is 0 Å². The molecule has 152 valence electrons. The van der Waals surface area contributed by atoms with Crippen LogP contribution >= 0.6 is 11.3 Å². The maximum absolute atomic E-state index is 13.2. The molecule has 3 aromatic rings. The summed E-state index contributed by atoms with van der Waals surface area (Å²) in [5.41, 5.74) is 2.15. The van der Waals surface area contributed by atoms with Gasteiger partial charge in [0.1, 0.15) is 10.7 Å². The van der Waals surface area contributed by atoms with Crippen LogP contribution in [-0.2, 0) is 4.79 Å². The molecule has 0 bridgehead atoms. The molecule has 29 heavy (non-hydrogen) atoms. The fourth-order valence-corrected chi connectivity index (χ4v) is 5.41. The lowest BCUT2D eigenvalue weighted by atomic mass is 9.97. The SMILES string of the molecule is Cc1sc2nc(C)n(C3CCN(C(=O)[C@@H](C)c4ccccc4)CC3)c(=O)c2c1C. The van der Waals surface area contributed by atoms with Gasteiger partial charge in [-0.05, 0) is 51.7 Å². The first-order chi connectivity index (χ1) is 13.9. The summed E-state index contributed by atoms with van der Waals surface area (Å²) in [6, 6.07) is 10.0. The molecule has 1 atom stereocenters. The Morgan fingerprint density at radius 2 is 1.79 bits per heavy atom. The number of thiophene rings is 1. The zero-order chi connectivity index (χ0) is 20.7. The molecule has 0 unspecified atom stereocenters. The number of aromatic nitrogens is 2. The number of rotatable bonds is 3. The molecule has 4 rings (SSSR count). The zero-order valence-electron chi connectivity index (χ0n) is 17.4. The average molecular weight is 410 g/mol. The second-order valence-corrected chi connectivity index (χ2v) is 9.19. The Kier molecular flexibility index (Phi) is 5.30. The summed E-state index contributed by atoms with van der Waals surface area (Å²) in [6.45, 7) is 9.28. The Morgan fingerprint density at radius 3 is 2.45 bits per heavy atom. The largest absolute Gasteiger partial charge is 0.342 e. The van der Waals surface area contributed by atoms with Crippen LogP contribution in [0, 0.1) is 20.8 Å². The number of fused-ring (bicyclic) bond motifs is 1. The molecule has 0 N–H and O–H groups in total. The smallest absolute Gasteiger partial charge is 0.262 e. The molecule has 1 aliphatic heterocycles. The van der Waals surface area contributed by atoms with Crippen molar-refractivity contribution in [2.24, 2.45) is 0 Å². The van der Waals surface area contributed by atoms with Crippen LogP contribution < -0.4 is 5.56 Å². The second-order valence-electron chi connectivity index (χ2n) is 7.99. The van der Waals surface area contributed by atoms with Gasteiger partial charge in [0.15, 0.2) is 0 Å². The highest BCUT2D eigenvalue weighted by Gasteiger charge is 2.29. The molecule has 5 nitrogen and oxygen atoms in total. The summed E-state index contributed by atoms with van der Waals surface area (Å²) < 4.78 is 1.87. The Labute approximate surface area is 175 Å². The number of hydrogen-bond acceptors (Lipinski definition) is 4. The second kappa shape index (κ2) is 7.75. The van der Waals surface area contributed by atoms with E-state index in [4.69, 9.17) is 4.98 Å². The first kappa shape index (κ1) is 19.8. The van der Waals surface area contributed by atoms with Crippen molar-refractivity contribution in [3.05, 3.63) is 62.5 Å². The number of likely N-dealkylation sites (tertiary alicyclic amines) is 1. The van der Waals surface area contributed by atoms with Crippen LogP contribution in [0.25, 0.3) is 10.2 Å². The normalized spacial score (nSPS) is 16.3. The number of carbonyl (C=O) groups is 1. The molecular formula is C23H27N3O2S. The summed E-state index contributed by atoms with van der Waals surface area (Å²) in [7, 11) is 0. The number of benzene rings is 1. The Balaban J connectivity index is 1.54. The molecule has 0 radical (unpaired) electrons. The van der Waals surface area contributed by atoms with Crippen LogP contribution in [0.3, 0.4) is 0 Å². The van der Waals surface area contributed by atoms with Crippen molar-refractivity contribution in [3.8, 4) is 0 Å². The van der Waals surface area contributed by atoms with Crippen LogP contribution in [0.4, 0.5) is 0 Å². The fourth-order valence-electron chi connectivity index (χ4n) is 4.34. The van der Waals surface area contributed by atoms with Gasteiger partial charge in [-0.25, -0.2) is 4.98 Å². The van der Waals surface area contributed by atoms with Crippen LogP contribution in [-0.4, -0.2) is 33.4 Å². The lowest BCUT2D eigenvalue weighted by Gasteiger charge is -2.35. The minimum Gasteiger partial charge on any atom is -0.342 e. The van der Waals surface area contributed by atoms with E-state index in [-0.39, 0.29) is 23.4 Å². The molecule has 2 aromatic heterocycles. The van der Waals surface area contributed by atoms with Gasteiger partial charge in [-0.1, -0.05) is 30.3 Å². The van der Waals surface area contributed by atoms with Gasteiger partial charge in [-0.3, -0.25) is 14.2 Å². The summed E-state index contributed by atoms with van der Waals surface area (Å²) in [6.07, 6.45) is 1.56. The van der Waals surface area contributed by atoms with Gasteiger partial charge in [-0.15, -0.1) is 11.3 Å². The third kappa shape index (κ3) is 3.50. The third-order valence-corrected chi connectivity index (χ3v) is 7.32. The zero-order valence-corrected chi connectivity index (χ0v) is 18.3. The van der Waals surface area contributed by atoms with Crippen LogP contribution in [0.1, 0.15) is 53.6 Å². The lowest BCUT2D eigenvalue weighted by molar-refractivity contribution is -0.133. The van der Waals surface area contributed by atoms with E-state index >= 15 is 0 Å². The maximum atomic E-state index is 13.2. The van der Waals surface area contributed by atoms with Gasteiger partial charge in [0.2, 0.25) is 5.91 Å². The van der Waals surface area contributed by atoms with Crippen molar-refractivity contribution in [2.45, 2.75) is 52.5 Å². The van der Waals surface area contributed by atoms with Crippen LogP contribution in [0.15, 0.2) is 35.1 Å². The molecule has 1 saturated heterocycles. The van der Waals surface area contributed by atoms with Gasteiger partial charge >= 0.3 is 0 Å².